The van der Waals surface area contributed by atoms with Crippen LogP contribution in [0.2, 0.25) is 0 Å². The van der Waals surface area contributed by atoms with Crippen LogP contribution in [-0.2, 0) is 0 Å². The van der Waals surface area contributed by atoms with Crippen LogP contribution in [0.25, 0.3) is 0 Å². The number of rotatable bonds is 2. The van der Waals surface area contributed by atoms with Crippen molar-refractivity contribution in [3.8, 4) is 0 Å². The minimum Gasteiger partial charge on any atom is -0.340 e. The molecule has 0 saturated carbocycles. The molecule has 1 aliphatic heterocycles. The summed E-state index contributed by atoms with van der Waals surface area (Å²) in [4.78, 5) is 10.4. The fraction of sp³-hybridized carbons (Fsp3) is 0.500. The summed E-state index contributed by atoms with van der Waals surface area (Å²) in [5.74, 6) is 1.45. The normalized spacial score (nSPS) is 17.6. The van der Waals surface area contributed by atoms with E-state index in [9.17, 15) is 0 Å². The molecule has 4 nitrogen and oxygen atoms in total. The van der Waals surface area contributed by atoms with Gasteiger partial charge in [-0.15, -0.1) is 0 Å². The van der Waals surface area contributed by atoms with Gasteiger partial charge in [0.15, 0.2) is 0 Å². The smallest absolute Gasteiger partial charge is 0.225 e. The molecule has 1 fully saturated rings. The van der Waals surface area contributed by atoms with E-state index < -0.39 is 0 Å². The SMILES string of the molecule is NCC1CN(c2ncccn2)C1. The number of anilines is 1. The van der Waals surface area contributed by atoms with Crippen LogP contribution in [-0.4, -0.2) is 29.6 Å². The number of aromatic nitrogens is 2. The number of nitrogens with zero attached hydrogens (tertiary/aromatic N) is 3. The highest BCUT2D eigenvalue weighted by molar-refractivity contribution is 5.32. The van der Waals surface area contributed by atoms with Gasteiger partial charge in [-0.3, -0.25) is 0 Å². The fourth-order valence-corrected chi connectivity index (χ4v) is 1.34. The van der Waals surface area contributed by atoms with Crippen molar-refractivity contribution in [3.63, 3.8) is 0 Å². The molecule has 2 rings (SSSR count). The van der Waals surface area contributed by atoms with E-state index in [1.54, 1.807) is 12.4 Å². The van der Waals surface area contributed by atoms with E-state index in [4.69, 9.17) is 5.73 Å². The monoisotopic (exact) mass is 164 g/mol. The van der Waals surface area contributed by atoms with Crippen LogP contribution in [0.15, 0.2) is 18.5 Å². The van der Waals surface area contributed by atoms with Crippen LogP contribution < -0.4 is 10.6 Å². The van der Waals surface area contributed by atoms with Crippen LogP contribution in [0.3, 0.4) is 0 Å². The minimum absolute atomic E-state index is 0.633. The highest BCUT2D eigenvalue weighted by Crippen LogP contribution is 2.18. The molecule has 0 amide bonds. The number of hydrogen-bond acceptors (Lipinski definition) is 4. The maximum atomic E-state index is 5.51. The molecule has 1 aliphatic rings. The fourth-order valence-electron chi connectivity index (χ4n) is 1.34. The van der Waals surface area contributed by atoms with Crippen molar-refractivity contribution in [2.75, 3.05) is 24.5 Å². The van der Waals surface area contributed by atoms with Gasteiger partial charge in [-0.2, -0.15) is 0 Å². The first-order chi connectivity index (χ1) is 5.90. The Hall–Kier alpha value is -1.16. The van der Waals surface area contributed by atoms with Crippen LogP contribution in [0, 0.1) is 5.92 Å². The zero-order chi connectivity index (χ0) is 8.39. The average Bonchev–Trinajstić information content (AvgIpc) is 2.04. The van der Waals surface area contributed by atoms with E-state index in [0.29, 0.717) is 5.92 Å². The van der Waals surface area contributed by atoms with Crippen molar-refractivity contribution in [1.29, 1.82) is 0 Å². The van der Waals surface area contributed by atoms with Crippen LogP contribution in [0.5, 0.6) is 0 Å². The predicted molar refractivity (Wildman–Crippen MR) is 46.8 cm³/mol. The van der Waals surface area contributed by atoms with Gasteiger partial charge in [-0.05, 0) is 12.6 Å². The molecule has 1 aromatic rings. The Morgan fingerprint density at radius 1 is 1.42 bits per heavy atom. The third-order valence-electron chi connectivity index (χ3n) is 2.13. The summed E-state index contributed by atoms with van der Waals surface area (Å²) in [5.41, 5.74) is 5.51. The molecule has 0 atom stereocenters. The van der Waals surface area contributed by atoms with Crippen molar-refractivity contribution in [2.24, 2.45) is 11.7 Å². The topological polar surface area (TPSA) is 55.0 Å². The van der Waals surface area contributed by atoms with Crippen molar-refractivity contribution >= 4 is 5.95 Å². The maximum Gasteiger partial charge on any atom is 0.225 e. The molecular weight excluding hydrogens is 152 g/mol. The molecule has 4 heteroatoms. The third-order valence-corrected chi connectivity index (χ3v) is 2.13. The Kier molecular flexibility index (Phi) is 1.91. The molecule has 1 aromatic heterocycles. The van der Waals surface area contributed by atoms with Gasteiger partial charge < -0.3 is 10.6 Å². The number of nitrogens with two attached hydrogens (primary N) is 1. The molecular formula is C8H12N4. The highest BCUT2D eigenvalue weighted by atomic mass is 15.3. The highest BCUT2D eigenvalue weighted by Gasteiger charge is 2.26. The van der Waals surface area contributed by atoms with Crippen molar-refractivity contribution in [2.45, 2.75) is 0 Å². The summed E-state index contributed by atoms with van der Waals surface area (Å²) < 4.78 is 0. The summed E-state index contributed by atoms with van der Waals surface area (Å²) in [5, 5.41) is 0. The van der Waals surface area contributed by atoms with Crippen molar-refractivity contribution in [3.05, 3.63) is 18.5 Å². The summed E-state index contributed by atoms with van der Waals surface area (Å²) in [6, 6.07) is 1.82. The van der Waals surface area contributed by atoms with E-state index in [1.165, 1.54) is 0 Å². The lowest BCUT2D eigenvalue weighted by atomic mass is 10.0. The van der Waals surface area contributed by atoms with Gasteiger partial charge in [0.05, 0.1) is 0 Å². The molecule has 0 spiro atoms. The molecule has 64 valence electrons. The molecule has 0 bridgehead atoms. The first-order valence-electron chi connectivity index (χ1n) is 4.12. The van der Waals surface area contributed by atoms with Crippen molar-refractivity contribution < 1.29 is 0 Å². The van der Waals surface area contributed by atoms with E-state index in [2.05, 4.69) is 14.9 Å². The first kappa shape index (κ1) is 7.49. The van der Waals surface area contributed by atoms with Gasteiger partial charge in [0.1, 0.15) is 0 Å². The minimum atomic E-state index is 0.633. The Bertz CT molecular complexity index is 242. The van der Waals surface area contributed by atoms with Gasteiger partial charge in [0, 0.05) is 31.4 Å². The van der Waals surface area contributed by atoms with Crippen molar-refractivity contribution in [1.82, 2.24) is 9.97 Å². The molecule has 2 heterocycles. The lowest BCUT2D eigenvalue weighted by Crippen LogP contribution is -2.50. The molecule has 0 unspecified atom stereocenters. The zero-order valence-electron chi connectivity index (χ0n) is 6.85. The van der Waals surface area contributed by atoms with E-state index in [-0.39, 0.29) is 0 Å². The predicted octanol–water partition coefficient (Wildman–Crippen LogP) is -0.129. The summed E-state index contributed by atoms with van der Waals surface area (Å²) in [7, 11) is 0. The molecule has 2 N–H and O–H groups in total. The van der Waals surface area contributed by atoms with E-state index >= 15 is 0 Å². The van der Waals surface area contributed by atoms with E-state index in [1.807, 2.05) is 6.07 Å². The Balaban J connectivity index is 1.97. The Morgan fingerprint density at radius 3 is 2.67 bits per heavy atom. The maximum absolute atomic E-state index is 5.51. The Labute approximate surface area is 71.4 Å². The second kappa shape index (κ2) is 3.06. The lowest BCUT2D eigenvalue weighted by molar-refractivity contribution is 0.413. The molecule has 0 radical (unpaired) electrons. The van der Waals surface area contributed by atoms with Gasteiger partial charge in [0.25, 0.3) is 0 Å². The van der Waals surface area contributed by atoms with Gasteiger partial charge >= 0.3 is 0 Å². The van der Waals surface area contributed by atoms with Crippen LogP contribution in [0.1, 0.15) is 0 Å². The van der Waals surface area contributed by atoms with Gasteiger partial charge in [-0.25, -0.2) is 9.97 Å². The standard InChI is InChI=1S/C8H12N4/c9-4-7-5-12(6-7)8-10-2-1-3-11-8/h1-3,7H,4-6,9H2. The van der Waals surface area contributed by atoms with Gasteiger partial charge in [-0.1, -0.05) is 0 Å². The average molecular weight is 164 g/mol. The zero-order valence-corrected chi connectivity index (χ0v) is 6.85. The van der Waals surface area contributed by atoms with Crippen LogP contribution >= 0.6 is 0 Å². The van der Waals surface area contributed by atoms with Gasteiger partial charge in [0.2, 0.25) is 5.95 Å². The Morgan fingerprint density at radius 2 is 2.08 bits per heavy atom. The quantitative estimate of drug-likeness (QED) is 0.661. The molecule has 0 aromatic carbocycles. The molecule has 1 saturated heterocycles. The third kappa shape index (κ3) is 1.25. The summed E-state index contributed by atoms with van der Waals surface area (Å²) >= 11 is 0. The lowest BCUT2D eigenvalue weighted by Gasteiger charge is -2.38. The van der Waals surface area contributed by atoms with Crippen LogP contribution in [0.4, 0.5) is 5.95 Å². The second-order valence-corrected chi connectivity index (χ2v) is 3.06. The summed E-state index contributed by atoms with van der Waals surface area (Å²) in [6.45, 7) is 2.77. The summed E-state index contributed by atoms with van der Waals surface area (Å²) in [6.07, 6.45) is 3.52. The van der Waals surface area contributed by atoms with E-state index in [0.717, 1.165) is 25.6 Å². The second-order valence-electron chi connectivity index (χ2n) is 3.06. The molecule has 12 heavy (non-hydrogen) atoms. The largest absolute Gasteiger partial charge is 0.340 e. The number of hydrogen-bond donors (Lipinski definition) is 1. The molecule has 0 aliphatic carbocycles. The first-order valence-corrected chi connectivity index (χ1v) is 4.12.